The van der Waals surface area contributed by atoms with Crippen molar-refractivity contribution in [3.8, 4) is 5.75 Å². The van der Waals surface area contributed by atoms with E-state index in [0.29, 0.717) is 11.7 Å². The van der Waals surface area contributed by atoms with Crippen LogP contribution in [0.5, 0.6) is 5.75 Å². The summed E-state index contributed by atoms with van der Waals surface area (Å²) in [4.78, 5) is 23.7. The number of amides is 2. The third-order valence-electron chi connectivity index (χ3n) is 4.25. The van der Waals surface area contributed by atoms with E-state index in [4.69, 9.17) is 4.74 Å². The number of benzene rings is 2. The van der Waals surface area contributed by atoms with E-state index < -0.39 is 11.8 Å². The summed E-state index contributed by atoms with van der Waals surface area (Å²) in [6.45, 7) is 6.05. The number of carbonyl (C=O) groups is 2. The summed E-state index contributed by atoms with van der Waals surface area (Å²) in [6.07, 6.45) is 4.03. The van der Waals surface area contributed by atoms with Crippen LogP contribution in [0.15, 0.2) is 54.6 Å². The summed E-state index contributed by atoms with van der Waals surface area (Å²) in [5.74, 6) is 0.193. The van der Waals surface area contributed by atoms with Crippen molar-refractivity contribution in [1.29, 1.82) is 0 Å². The van der Waals surface area contributed by atoms with Crippen LogP contribution in [0.2, 0.25) is 0 Å². The van der Waals surface area contributed by atoms with Crippen LogP contribution in [0.25, 0.3) is 6.08 Å². The summed E-state index contributed by atoms with van der Waals surface area (Å²) in [7, 11) is 0. The second-order valence-electron chi connectivity index (χ2n) is 6.42. The van der Waals surface area contributed by atoms with Crippen LogP contribution in [0.3, 0.4) is 0 Å². The first-order chi connectivity index (χ1) is 13.0. The lowest BCUT2D eigenvalue weighted by Gasteiger charge is -2.15. The van der Waals surface area contributed by atoms with Crippen LogP contribution < -0.4 is 15.6 Å². The first-order valence-corrected chi connectivity index (χ1v) is 9.05. The third-order valence-corrected chi connectivity index (χ3v) is 4.25. The first-order valence-electron chi connectivity index (χ1n) is 9.05. The van der Waals surface area contributed by atoms with Crippen LogP contribution in [0, 0.1) is 6.92 Å². The van der Waals surface area contributed by atoms with Gasteiger partial charge in [0, 0.05) is 6.08 Å². The Morgan fingerprint density at radius 2 is 1.78 bits per heavy atom. The number of carbonyl (C=O) groups excluding carboxylic acids is 2. The van der Waals surface area contributed by atoms with Crippen LogP contribution in [-0.2, 0) is 9.59 Å². The molecule has 5 nitrogen and oxygen atoms in total. The first kappa shape index (κ1) is 20.2. The van der Waals surface area contributed by atoms with Crippen molar-refractivity contribution >= 4 is 17.9 Å². The number of rotatable bonds is 7. The highest BCUT2D eigenvalue weighted by molar-refractivity contribution is 5.93. The summed E-state index contributed by atoms with van der Waals surface area (Å²) >= 11 is 0. The molecule has 0 spiro atoms. The molecular formula is C22H26N2O3. The molecule has 2 aromatic carbocycles. The van der Waals surface area contributed by atoms with Gasteiger partial charge in [-0.15, -0.1) is 0 Å². The highest BCUT2D eigenvalue weighted by Gasteiger charge is 2.11. The van der Waals surface area contributed by atoms with Gasteiger partial charge in [-0.1, -0.05) is 61.9 Å². The Morgan fingerprint density at radius 3 is 2.48 bits per heavy atom. The van der Waals surface area contributed by atoms with Gasteiger partial charge >= 0.3 is 0 Å². The molecule has 1 atom stereocenters. The number of hydrogen-bond donors (Lipinski definition) is 2. The Labute approximate surface area is 160 Å². The molecule has 0 fully saturated rings. The smallest absolute Gasteiger partial charge is 0.276 e. The monoisotopic (exact) mass is 366 g/mol. The fraction of sp³-hybridized carbons (Fsp3) is 0.273. The Bertz CT molecular complexity index is 797. The Balaban J connectivity index is 1.79. The summed E-state index contributed by atoms with van der Waals surface area (Å²) < 4.78 is 5.61. The van der Waals surface area contributed by atoms with Gasteiger partial charge in [0.2, 0.25) is 0 Å². The number of hydrogen-bond acceptors (Lipinski definition) is 3. The lowest BCUT2D eigenvalue weighted by atomic mass is 9.98. The maximum Gasteiger partial charge on any atom is 0.276 e. The van der Waals surface area contributed by atoms with Crippen molar-refractivity contribution in [3.05, 3.63) is 71.3 Å². The second-order valence-corrected chi connectivity index (χ2v) is 6.42. The minimum Gasteiger partial charge on any atom is -0.483 e. The molecule has 0 aliphatic heterocycles. The van der Waals surface area contributed by atoms with E-state index in [0.717, 1.165) is 23.1 Å². The van der Waals surface area contributed by atoms with E-state index in [1.165, 1.54) is 6.08 Å². The molecule has 2 aromatic rings. The molecule has 0 saturated carbocycles. The van der Waals surface area contributed by atoms with Gasteiger partial charge in [-0.3, -0.25) is 20.4 Å². The van der Waals surface area contributed by atoms with Gasteiger partial charge in [0.1, 0.15) is 5.75 Å². The molecule has 5 heteroatoms. The molecule has 0 aliphatic rings. The zero-order valence-corrected chi connectivity index (χ0v) is 16.0. The number of hydrazine groups is 1. The molecule has 0 aliphatic carbocycles. The van der Waals surface area contributed by atoms with Crippen molar-refractivity contribution in [2.24, 2.45) is 0 Å². The van der Waals surface area contributed by atoms with Crippen LogP contribution in [0.4, 0.5) is 0 Å². The van der Waals surface area contributed by atoms with E-state index in [1.807, 2.05) is 55.5 Å². The quantitative estimate of drug-likeness (QED) is 0.579. The fourth-order valence-corrected chi connectivity index (χ4v) is 2.44. The van der Waals surface area contributed by atoms with E-state index in [-0.39, 0.29) is 6.61 Å². The highest BCUT2D eigenvalue weighted by Crippen LogP contribution is 2.28. The van der Waals surface area contributed by atoms with E-state index in [2.05, 4.69) is 24.7 Å². The van der Waals surface area contributed by atoms with Gasteiger partial charge in [0.25, 0.3) is 11.8 Å². The number of ether oxygens (including phenoxy) is 1. The Hall–Kier alpha value is -3.08. The predicted octanol–water partition coefficient (Wildman–Crippen LogP) is 3.75. The van der Waals surface area contributed by atoms with Crippen molar-refractivity contribution in [1.82, 2.24) is 10.9 Å². The normalized spacial score (nSPS) is 11.8. The van der Waals surface area contributed by atoms with Crippen molar-refractivity contribution < 1.29 is 14.3 Å². The molecule has 2 amide bonds. The minimum absolute atomic E-state index is 0.171. The molecule has 1 unspecified atom stereocenters. The molecule has 27 heavy (non-hydrogen) atoms. The highest BCUT2D eigenvalue weighted by atomic mass is 16.5. The van der Waals surface area contributed by atoms with Gasteiger partial charge in [-0.05, 0) is 42.5 Å². The van der Waals surface area contributed by atoms with Gasteiger partial charge in [-0.25, -0.2) is 0 Å². The Kier molecular flexibility index (Phi) is 7.62. The minimum atomic E-state index is -0.425. The van der Waals surface area contributed by atoms with Gasteiger partial charge in [-0.2, -0.15) is 0 Å². The average Bonchev–Trinajstić information content (AvgIpc) is 2.69. The maximum atomic E-state index is 11.9. The summed E-state index contributed by atoms with van der Waals surface area (Å²) in [5, 5.41) is 0. The zero-order valence-electron chi connectivity index (χ0n) is 16.0. The molecule has 142 valence electrons. The van der Waals surface area contributed by atoms with E-state index in [9.17, 15) is 9.59 Å². The topological polar surface area (TPSA) is 67.4 Å². The molecule has 0 heterocycles. The average molecular weight is 366 g/mol. The van der Waals surface area contributed by atoms with Gasteiger partial charge in [0.15, 0.2) is 6.61 Å². The Morgan fingerprint density at radius 1 is 1.07 bits per heavy atom. The summed E-state index contributed by atoms with van der Waals surface area (Å²) in [6, 6.07) is 15.4. The lowest BCUT2D eigenvalue weighted by molar-refractivity contribution is -0.128. The predicted molar refractivity (Wildman–Crippen MR) is 107 cm³/mol. The molecule has 2 rings (SSSR count). The number of para-hydroxylation sites is 1. The van der Waals surface area contributed by atoms with E-state index in [1.54, 1.807) is 6.08 Å². The van der Waals surface area contributed by atoms with Crippen molar-refractivity contribution in [2.45, 2.75) is 33.1 Å². The standard InChI is InChI=1S/C22H26N2O3/c1-4-17(3)19-7-5-6-8-20(19)27-15-22(26)24-23-21(25)14-13-18-11-9-16(2)10-12-18/h5-14,17H,4,15H2,1-3H3,(H,23,25)(H,24,26)/b14-13+. The lowest BCUT2D eigenvalue weighted by Crippen LogP contribution is -2.43. The van der Waals surface area contributed by atoms with Gasteiger partial charge in [0.05, 0.1) is 0 Å². The molecule has 0 bridgehead atoms. The fourth-order valence-electron chi connectivity index (χ4n) is 2.44. The molecular weight excluding hydrogens is 340 g/mol. The van der Waals surface area contributed by atoms with Gasteiger partial charge < -0.3 is 4.74 Å². The van der Waals surface area contributed by atoms with Crippen LogP contribution in [0.1, 0.15) is 42.9 Å². The van der Waals surface area contributed by atoms with Crippen LogP contribution in [-0.4, -0.2) is 18.4 Å². The molecule has 0 saturated heterocycles. The summed E-state index contributed by atoms with van der Waals surface area (Å²) in [5.41, 5.74) is 7.82. The second kappa shape index (κ2) is 10.2. The van der Waals surface area contributed by atoms with Crippen molar-refractivity contribution in [2.75, 3.05) is 6.61 Å². The largest absolute Gasteiger partial charge is 0.483 e. The number of nitrogens with one attached hydrogen (secondary N) is 2. The number of aryl methyl sites for hydroxylation is 1. The van der Waals surface area contributed by atoms with E-state index >= 15 is 0 Å². The van der Waals surface area contributed by atoms with Crippen LogP contribution >= 0.6 is 0 Å². The SMILES string of the molecule is CCC(C)c1ccccc1OCC(=O)NNC(=O)/C=C/c1ccc(C)cc1. The molecule has 0 radical (unpaired) electrons. The molecule has 2 N–H and O–H groups in total. The molecule has 0 aromatic heterocycles. The third kappa shape index (κ3) is 6.62. The zero-order chi connectivity index (χ0) is 19.6. The maximum absolute atomic E-state index is 11.9. The van der Waals surface area contributed by atoms with Crippen molar-refractivity contribution in [3.63, 3.8) is 0 Å².